The topological polar surface area (TPSA) is 92.4 Å². The predicted octanol–water partition coefficient (Wildman–Crippen LogP) is 6.37. The zero-order chi connectivity index (χ0) is 33.9. The number of benzene rings is 1. The molecule has 254 valence electrons. The number of hydrogen-bond acceptors (Lipinski definition) is 8. The number of hydrogen-bond donors (Lipinski definition) is 2. The van der Waals surface area contributed by atoms with Crippen LogP contribution in [0.2, 0.25) is 0 Å². The fraction of sp³-hybridized carbons (Fsp3) is 0.485. The van der Waals surface area contributed by atoms with Gasteiger partial charge in [0.2, 0.25) is 0 Å². The number of nitrogens with zero attached hydrogens (tertiary/aromatic N) is 5. The highest BCUT2D eigenvalue weighted by Crippen LogP contribution is 2.49. The molecule has 0 unspecified atom stereocenters. The van der Waals surface area contributed by atoms with Crippen molar-refractivity contribution in [2.45, 2.75) is 75.3 Å². The molecule has 2 aromatic heterocycles. The summed E-state index contributed by atoms with van der Waals surface area (Å²) in [6.07, 6.45) is -3.35. The van der Waals surface area contributed by atoms with Crippen LogP contribution in [0.15, 0.2) is 24.3 Å². The normalized spacial score (nSPS) is 26.7. The number of fused-ring (bicyclic) bond motifs is 6. The second-order valence-corrected chi connectivity index (χ2v) is 13.7. The summed E-state index contributed by atoms with van der Waals surface area (Å²) in [6, 6.07) is 0.510. The smallest absolute Gasteiger partial charge is 0.418 e. The van der Waals surface area contributed by atoms with E-state index in [4.69, 9.17) is 15.5 Å². The Labute approximate surface area is 270 Å². The van der Waals surface area contributed by atoms with E-state index < -0.39 is 51.8 Å². The minimum absolute atomic E-state index is 0.0168. The first-order valence-electron chi connectivity index (χ1n) is 15.9. The van der Waals surface area contributed by atoms with Gasteiger partial charge < -0.3 is 20.7 Å². The van der Waals surface area contributed by atoms with Crippen LogP contribution < -0.4 is 20.7 Å². The van der Waals surface area contributed by atoms with Crippen molar-refractivity contribution in [3.05, 3.63) is 52.6 Å². The van der Waals surface area contributed by atoms with Crippen LogP contribution in [0.25, 0.3) is 27.7 Å². The third-order valence-electron chi connectivity index (χ3n) is 10.8. The van der Waals surface area contributed by atoms with E-state index in [9.17, 15) is 22.0 Å². The summed E-state index contributed by atoms with van der Waals surface area (Å²) in [5.74, 6) is -2.80. The van der Waals surface area contributed by atoms with Gasteiger partial charge in [-0.25, -0.2) is 13.8 Å². The molecule has 15 heteroatoms. The number of nitrogen functional groups attached to an aromatic ring is 1. The average molecular weight is 676 g/mol. The fourth-order valence-electron chi connectivity index (χ4n) is 8.72. The van der Waals surface area contributed by atoms with Crippen LogP contribution >= 0.6 is 0 Å². The number of piperazine rings is 1. The molecular formula is C33H32F7N7O. The molecule has 4 saturated heterocycles. The molecule has 0 aliphatic carbocycles. The third kappa shape index (κ3) is 4.67. The van der Waals surface area contributed by atoms with Gasteiger partial charge >= 0.3 is 12.2 Å². The lowest BCUT2D eigenvalue weighted by Gasteiger charge is -2.41. The Morgan fingerprint density at radius 2 is 1.94 bits per heavy atom. The van der Waals surface area contributed by atoms with Crippen LogP contribution in [0.1, 0.15) is 55.2 Å². The van der Waals surface area contributed by atoms with E-state index in [0.717, 1.165) is 32.3 Å². The molecule has 0 saturated carbocycles. The molecule has 0 amide bonds. The highest BCUT2D eigenvalue weighted by atomic mass is 19.4. The summed E-state index contributed by atoms with van der Waals surface area (Å²) in [4.78, 5) is 16.8. The predicted molar refractivity (Wildman–Crippen MR) is 164 cm³/mol. The van der Waals surface area contributed by atoms with Crippen molar-refractivity contribution in [2.75, 3.05) is 36.9 Å². The van der Waals surface area contributed by atoms with E-state index in [1.165, 1.54) is 0 Å². The van der Waals surface area contributed by atoms with Crippen molar-refractivity contribution >= 4 is 28.1 Å². The maximum atomic E-state index is 16.9. The molecule has 4 atom stereocenters. The lowest BCUT2D eigenvalue weighted by atomic mass is 9.90. The number of halogens is 7. The SMILES string of the molecule is C=C1C[C@@H]2[C@@H]3CC[C@H](CN2c2nc(OC[C@@]45CCCN4CC(=C(F)F)C5)nc4c(F)c(-c5nc(N)cc(C)c5C(F)(F)F)c(F)c1c24)N3. The van der Waals surface area contributed by atoms with E-state index in [0.29, 0.717) is 19.5 Å². The molecule has 4 fully saturated rings. The summed E-state index contributed by atoms with van der Waals surface area (Å²) in [6.45, 7) is 6.37. The lowest BCUT2D eigenvalue weighted by molar-refractivity contribution is -0.137. The Morgan fingerprint density at radius 1 is 1.15 bits per heavy atom. The summed E-state index contributed by atoms with van der Waals surface area (Å²) in [5.41, 5.74) is 1.04. The molecule has 48 heavy (non-hydrogen) atoms. The number of aromatic nitrogens is 3. The molecule has 0 spiro atoms. The van der Waals surface area contributed by atoms with Crippen LogP contribution in [-0.4, -0.2) is 69.8 Å². The quantitative estimate of drug-likeness (QED) is 0.309. The molecule has 8 rings (SSSR count). The first-order chi connectivity index (χ1) is 22.8. The van der Waals surface area contributed by atoms with Gasteiger partial charge in [0, 0.05) is 42.4 Å². The second-order valence-electron chi connectivity index (χ2n) is 13.7. The van der Waals surface area contributed by atoms with Crippen molar-refractivity contribution in [2.24, 2.45) is 0 Å². The van der Waals surface area contributed by atoms with Gasteiger partial charge in [-0.3, -0.25) is 4.90 Å². The molecule has 3 aromatic rings. The number of ether oxygens (including phenoxy) is 1. The van der Waals surface area contributed by atoms with Gasteiger partial charge in [-0.05, 0) is 69.2 Å². The Balaban J connectivity index is 1.35. The zero-order valence-corrected chi connectivity index (χ0v) is 26.0. The Kier molecular flexibility index (Phi) is 7.02. The second kappa shape index (κ2) is 10.8. The first-order valence-corrected chi connectivity index (χ1v) is 15.9. The highest BCUT2D eigenvalue weighted by Gasteiger charge is 2.49. The van der Waals surface area contributed by atoms with Crippen LogP contribution in [0.5, 0.6) is 6.01 Å². The van der Waals surface area contributed by atoms with E-state index in [-0.39, 0.29) is 89.4 Å². The summed E-state index contributed by atoms with van der Waals surface area (Å²) >= 11 is 0. The average Bonchev–Trinajstić information content (AvgIpc) is 3.67. The molecular weight excluding hydrogens is 643 g/mol. The molecule has 8 nitrogen and oxygen atoms in total. The number of rotatable bonds is 4. The van der Waals surface area contributed by atoms with Crippen LogP contribution in [0.4, 0.5) is 42.4 Å². The molecule has 5 aliphatic heterocycles. The zero-order valence-electron chi connectivity index (χ0n) is 26.0. The van der Waals surface area contributed by atoms with Gasteiger partial charge in [-0.1, -0.05) is 6.58 Å². The Hall–Kier alpha value is -3.98. The van der Waals surface area contributed by atoms with Gasteiger partial charge in [-0.2, -0.15) is 31.9 Å². The molecule has 1 aromatic carbocycles. The van der Waals surface area contributed by atoms with Crippen LogP contribution in [-0.2, 0) is 6.18 Å². The molecule has 2 bridgehead atoms. The van der Waals surface area contributed by atoms with Gasteiger partial charge in [0.1, 0.15) is 29.6 Å². The molecule has 7 heterocycles. The lowest BCUT2D eigenvalue weighted by Crippen LogP contribution is -2.58. The van der Waals surface area contributed by atoms with E-state index in [1.54, 1.807) is 0 Å². The molecule has 3 N–H and O–H groups in total. The van der Waals surface area contributed by atoms with Crippen LogP contribution in [0.3, 0.4) is 0 Å². The maximum Gasteiger partial charge on any atom is 0.418 e. The van der Waals surface area contributed by atoms with Crippen molar-refractivity contribution < 1.29 is 35.5 Å². The van der Waals surface area contributed by atoms with E-state index in [2.05, 4.69) is 21.9 Å². The third-order valence-corrected chi connectivity index (χ3v) is 10.8. The minimum Gasteiger partial charge on any atom is -0.461 e. The number of anilines is 2. The number of alkyl halides is 3. The number of pyridine rings is 1. The van der Waals surface area contributed by atoms with E-state index >= 15 is 8.78 Å². The highest BCUT2D eigenvalue weighted by molar-refractivity contribution is 6.03. The van der Waals surface area contributed by atoms with Crippen molar-refractivity contribution in [1.29, 1.82) is 0 Å². The van der Waals surface area contributed by atoms with E-state index in [1.807, 2.05) is 9.80 Å². The van der Waals surface area contributed by atoms with Gasteiger partial charge in [-0.15, -0.1) is 0 Å². The number of aryl methyl sites for hydroxylation is 1. The first kappa shape index (κ1) is 31.3. The molecule has 5 aliphatic rings. The van der Waals surface area contributed by atoms with Gasteiger partial charge in [0.15, 0.2) is 5.82 Å². The number of nitrogens with one attached hydrogen (secondary N) is 1. The maximum absolute atomic E-state index is 16.9. The summed E-state index contributed by atoms with van der Waals surface area (Å²) in [7, 11) is 0. The largest absolute Gasteiger partial charge is 0.461 e. The van der Waals surface area contributed by atoms with Crippen molar-refractivity contribution in [3.63, 3.8) is 0 Å². The summed E-state index contributed by atoms with van der Waals surface area (Å²) < 4.78 is 110. The van der Waals surface area contributed by atoms with Crippen molar-refractivity contribution in [3.8, 4) is 17.3 Å². The Morgan fingerprint density at radius 3 is 2.69 bits per heavy atom. The minimum atomic E-state index is -5.02. The van der Waals surface area contributed by atoms with Gasteiger partial charge in [0.25, 0.3) is 6.08 Å². The standard InChI is InChI=1S/C33H32F7N7O/c1-14-8-19-18-5-4-17(42-18)12-47(19)30-22-21(14)25(34)23(27-24(33(38,39)40)15(2)9-20(41)43-27)26(35)28(22)44-31(45-30)48-13-32-6-3-7-46(32)11-16(10-32)29(36)37/h9,17-19,42H,1,3-8,10-13H2,2H3,(H2,41,43)/t17-,18+,19-,32+/m1/s1. The molecule has 0 radical (unpaired) electrons. The monoisotopic (exact) mass is 675 g/mol. The fourth-order valence-corrected chi connectivity index (χ4v) is 8.72. The van der Waals surface area contributed by atoms with Crippen molar-refractivity contribution in [1.82, 2.24) is 25.2 Å². The van der Waals surface area contributed by atoms with Crippen LogP contribution in [0, 0.1) is 18.6 Å². The summed E-state index contributed by atoms with van der Waals surface area (Å²) in [5, 5.41) is 3.55. The number of nitrogens with two attached hydrogens (primary N) is 1. The Bertz CT molecular complexity index is 1930. The van der Waals surface area contributed by atoms with Gasteiger partial charge in [0.05, 0.1) is 27.7 Å².